The Kier molecular flexibility index (Phi) is 6.51. The summed E-state index contributed by atoms with van der Waals surface area (Å²) in [4.78, 5) is 14.6. The number of likely N-dealkylation sites (tertiary alicyclic amines) is 1. The second kappa shape index (κ2) is 7.99. The lowest BCUT2D eigenvalue weighted by atomic mass is 10.0. The lowest BCUT2D eigenvalue weighted by Crippen LogP contribution is -2.45. The molecular weight excluding hydrogens is 380 g/mol. The van der Waals surface area contributed by atoms with Crippen LogP contribution in [0.1, 0.15) is 61.6 Å². The van der Waals surface area contributed by atoms with Crippen molar-refractivity contribution in [1.82, 2.24) is 20.4 Å². The largest absolute Gasteiger partial charge is 0.337 e. The van der Waals surface area contributed by atoms with Crippen LogP contribution in [0, 0.1) is 5.92 Å². The lowest BCUT2D eigenvalue weighted by Gasteiger charge is -2.32. The SMILES string of the molecule is CC(C)c1[nH]nc(C(=O)N2CCC(NCC3CC3)CC2)c1Br.Cl. The van der Waals surface area contributed by atoms with Gasteiger partial charge in [-0.1, -0.05) is 13.8 Å². The van der Waals surface area contributed by atoms with Gasteiger partial charge in [-0.3, -0.25) is 9.89 Å². The number of aromatic amines is 1. The first kappa shape index (κ1) is 18.7. The molecule has 1 aromatic rings. The van der Waals surface area contributed by atoms with E-state index in [-0.39, 0.29) is 18.3 Å². The fourth-order valence-electron chi connectivity index (χ4n) is 2.96. The van der Waals surface area contributed by atoms with Gasteiger partial charge >= 0.3 is 0 Å². The first-order valence-electron chi connectivity index (χ1n) is 8.32. The fourth-order valence-corrected chi connectivity index (χ4v) is 3.76. The van der Waals surface area contributed by atoms with Gasteiger partial charge in [0.2, 0.25) is 0 Å². The molecule has 2 fully saturated rings. The zero-order valence-corrected chi connectivity index (χ0v) is 16.2. The topological polar surface area (TPSA) is 61.0 Å². The summed E-state index contributed by atoms with van der Waals surface area (Å²) < 4.78 is 0.821. The first-order valence-corrected chi connectivity index (χ1v) is 9.12. The number of carbonyl (C=O) groups is 1. The molecule has 0 atom stereocenters. The smallest absolute Gasteiger partial charge is 0.275 e. The van der Waals surface area contributed by atoms with E-state index in [0.717, 1.165) is 48.6 Å². The van der Waals surface area contributed by atoms with Gasteiger partial charge in [0, 0.05) is 19.1 Å². The molecule has 1 aromatic heterocycles. The number of hydrogen-bond acceptors (Lipinski definition) is 3. The molecule has 0 spiro atoms. The lowest BCUT2D eigenvalue weighted by molar-refractivity contribution is 0.0698. The van der Waals surface area contributed by atoms with E-state index < -0.39 is 0 Å². The molecule has 0 aromatic carbocycles. The van der Waals surface area contributed by atoms with Crippen molar-refractivity contribution in [3.8, 4) is 0 Å². The van der Waals surface area contributed by atoms with Gasteiger partial charge in [0.05, 0.1) is 10.2 Å². The molecule has 1 saturated carbocycles. The Bertz CT molecular complexity index is 536. The fraction of sp³-hybridized carbons (Fsp3) is 0.750. The van der Waals surface area contributed by atoms with Crippen LogP contribution in [0.5, 0.6) is 0 Å². The highest BCUT2D eigenvalue weighted by Gasteiger charge is 2.29. The molecule has 2 heterocycles. The summed E-state index contributed by atoms with van der Waals surface area (Å²) in [5, 5.41) is 10.8. The normalized spacial score (nSPS) is 19.0. The van der Waals surface area contributed by atoms with Crippen LogP contribution in [0.25, 0.3) is 0 Å². The van der Waals surface area contributed by atoms with Crippen molar-refractivity contribution in [1.29, 1.82) is 0 Å². The molecule has 2 N–H and O–H groups in total. The Morgan fingerprint density at radius 1 is 1.35 bits per heavy atom. The van der Waals surface area contributed by atoms with E-state index in [2.05, 4.69) is 45.3 Å². The number of nitrogens with one attached hydrogen (secondary N) is 2. The van der Waals surface area contributed by atoms with E-state index in [1.165, 1.54) is 12.8 Å². The molecule has 5 nitrogen and oxygen atoms in total. The molecule has 3 rings (SSSR count). The average molecular weight is 406 g/mol. The Balaban J connectivity index is 0.00000192. The third kappa shape index (κ3) is 4.48. The second-order valence-corrected chi connectivity index (χ2v) is 7.67. The number of amides is 1. The molecule has 1 aliphatic heterocycles. The maximum absolute atomic E-state index is 12.6. The minimum Gasteiger partial charge on any atom is -0.337 e. The van der Waals surface area contributed by atoms with Gasteiger partial charge in [-0.2, -0.15) is 5.10 Å². The zero-order valence-electron chi connectivity index (χ0n) is 13.8. The summed E-state index contributed by atoms with van der Waals surface area (Å²) in [6, 6.07) is 0.568. The second-order valence-electron chi connectivity index (χ2n) is 6.87. The number of H-pyrrole nitrogens is 1. The maximum atomic E-state index is 12.6. The molecule has 0 bridgehead atoms. The predicted octanol–water partition coefficient (Wildman–Crippen LogP) is 3.32. The third-order valence-electron chi connectivity index (χ3n) is 4.69. The predicted molar refractivity (Wildman–Crippen MR) is 97.3 cm³/mol. The minimum absolute atomic E-state index is 0. The van der Waals surface area contributed by atoms with Gasteiger partial charge in [0.25, 0.3) is 5.91 Å². The van der Waals surface area contributed by atoms with Crippen molar-refractivity contribution >= 4 is 34.2 Å². The summed E-state index contributed by atoms with van der Waals surface area (Å²) in [5.41, 5.74) is 1.51. The van der Waals surface area contributed by atoms with Gasteiger partial charge < -0.3 is 10.2 Å². The van der Waals surface area contributed by atoms with Gasteiger partial charge in [0.1, 0.15) is 0 Å². The average Bonchev–Trinajstić information content (AvgIpc) is 3.26. The van der Waals surface area contributed by atoms with Crippen LogP contribution in [0.3, 0.4) is 0 Å². The Morgan fingerprint density at radius 3 is 2.52 bits per heavy atom. The summed E-state index contributed by atoms with van der Waals surface area (Å²) in [7, 11) is 0. The molecule has 2 aliphatic rings. The summed E-state index contributed by atoms with van der Waals surface area (Å²) in [5.74, 6) is 1.27. The van der Waals surface area contributed by atoms with Crippen molar-refractivity contribution in [2.45, 2.75) is 51.5 Å². The number of rotatable bonds is 5. The number of halogens is 2. The van der Waals surface area contributed by atoms with Crippen molar-refractivity contribution in [3.63, 3.8) is 0 Å². The van der Waals surface area contributed by atoms with E-state index >= 15 is 0 Å². The highest BCUT2D eigenvalue weighted by atomic mass is 79.9. The van der Waals surface area contributed by atoms with E-state index in [1.54, 1.807) is 0 Å². The molecular formula is C16H26BrClN4O. The molecule has 0 radical (unpaired) electrons. The minimum atomic E-state index is 0. The third-order valence-corrected chi connectivity index (χ3v) is 5.49. The molecule has 1 saturated heterocycles. The Morgan fingerprint density at radius 2 is 2.00 bits per heavy atom. The van der Waals surface area contributed by atoms with Crippen LogP contribution >= 0.6 is 28.3 Å². The number of piperidine rings is 1. The molecule has 23 heavy (non-hydrogen) atoms. The van der Waals surface area contributed by atoms with E-state index in [9.17, 15) is 4.79 Å². The van der Waals surface area contributed by atoms with Crippen LogP contribution in [-0.2, 0) is 0 Å². The van der Waals surface area contributed by atoms with Crippen molar-refractivity contribution in [3.05, 3.63) is 15.9 Å². The first-order chi connectivity index (χ1) is 10.6. The van der Waals surface area contributed by atoms with Crippen molar-refractivity contribution < 1.29 is 4.79 Å². The molecule has 130 valence electrons. The van der Waals surface area contributed by atoms with Crippen LogP contribution in [0.2, 0.25) is 0 Å². The number of carbonyl (C=O) groups excluding carboxylic acids is 1. The molecule has 0 unspecified atom stereocenters. The zero-order chi connectivity index (χ0) is 15.7. The Labute approximate surface area is 152 Å². The monoisotopic (exact) mass is 404 g/mol. The summed E-state index contributed by atoms with van der Waals surface area (Å²) in [6.07, 6.45) is 4.85. The molecule has 1 amide bonds. The Hall–Kier alpha value is -0.590. The number of nitrogens with zero attached hydrogens (tertiary/aromatic N) is 2. The van der Waals surface area contributed by atoms with Gasteiger partial charge in [-0.25, -0.2) is 0 Å². The van der Waals surface area contributed by atoms with Crippen LogP contribution < -0.4 is 5.32 Å². The highest BCUT2D eigenvalue weighted by molar-refractivity contribution is 9.10. The highest BCUT2D eigenvalue weighted by Crippen LogP contribution is 2.29. The van der Waals surface area contributed by atoms with Crippen LogP contribution in [0.4, 0.5) is 0 Å². The molecule has 7 heteroatoms. The van der Waals surface area contributed by atoms with Crippen LogP contribution in [0.15, 0.2) is 4.47 Å². The van der Waals surface area contributed by atoms with Crippen molar-refractivity contribution in [2.24, 2.45) is 5.92 Å². The summed E-state index contributed by atoms with van der Waals surface area (Å²) >= 11 is 3.53. The van der Waals surface area contributed by atoms with Gasteiger partial charge in [0.15, 0.2) is 5.69 Å². The van der Waals surface area contributed by atoms with Gasteiger partial charge in [-0.15, -0.1) is 12.4 Å². The number of hydrogen-bond donors (Lipinski definition) is 2. The van der Waals surface area contributed by atoms with E-state index in [0.29, 0.717) is 17.7 Å². The van der Waals surface area contributed by atoms with Crippen LogP contribution in [-0.4, -0.2) is 46.7 Å². The summed E-state index contributed by atoms with van der Waals surface area (Å²) in [6.45, 7) is 6.96. The van der Waals surface area contributed by atoms with E-state index in [1.807, 2.05) is 4.90 Å². The van der Waals surface area contributed by atoms with E-state index in [4.69, 9.17) is 0 Å². The van der Waals surface area contributed by atoms with Crippen molar-refractivity contribution in [2.75, 3.05) is 19.6 Å². The molecule has 1 aliphatic carbocycles. The standard InChI is InChI=1S/C16H25BrN4O.ClH/c1-10(2)14-13(17)15(20-19-14)16(22)21-7-5-12(6-8-21)18-9-11-3-4-11;/h10-12,18H,3-9H2,1-2H3,(H,19,20);1H. The quantitative estimate of drug-likeness (QED) is 0.790. The number of aromatic nitrogens is 2. The maximum Gasteiger partial charge on any atom is 0.275 e. The van der Waals surface area contributed by atoms with Gasteiger partial charge in [-0.05, 0) is 60.0 Å².